The molecule has 3 rings (SSSR count). The molecular weight excluding hydrogens is 378 g/mol. The number of nitrogens with one attached hydrogen (secondary N) is 2. The highest BCUT2D eigenvalue weighted by Gasteiger charge is 2.25. The van der Waals surface area contributed by atoms with Crippen LogP contribution in [0.25, 0.3) is 6.08 Å². The Hall–Kier alpha value is -2.08. The molecule has 0 radical (unpaired) electrons. The minimum absolute atomic E-state index is 0.237. The fourth-order valence-electron chi connectivity index (χ4n) is 3.71. The Kier molecular flexibility index (Phi) is 8.35. The van der Waals surface area contributed by atoms with E-state index >= 15 is 0 Å². The number of hydrogen-bond acceptors (Lipinski definition) is 2. The number of piperazine rings is 1. The standard InChI is InChI=1S/C24H31N3OS/c1-25(19-22-10-12-23(29-2)13-11-22)24(28)20-27-17-15-26(16-18-27)14-6-9-21-7-4-3-5-8-21/h3-13H,14-20H2,1-2H3/p+2/b9-6+. The van der Waals surface area contributed by atoms with Crippen LogP contribution in [0.1, 0.15) is 11.1 Å². The first-order valence-electron chi connectivity index (χ1n) is 10.4. The third-order valence-corrected chi connectivity index (χ3v) is 6.33. The van der Waals surface area contributed by atoms with Gasteiger partial charge in [0.2, 0.25) is 0 Å². The molecule has 0 saturated carbocycles. The average Bonchev–Trinajstić information content (AvgIpc) is 2.76. The van der Waals surface area contributed by atoms with Gasteiger partial charge in [0, 0.05) is 18.5 Å². The fourth-order valence-corrected chi connectivity index (χ4v) is 4.11. The van der Waals surface area contributed by atoms with E-state index in [-0.39, 0.29) is 5.91 Å². The molecule has 0 aromatic heterocycles. The molecule has 1 heterocycles. The van der Waals surface area contributed by atoms with Crippen molar-refractivity contribution < 1.29 is 14.6 Å². The zero-order valence-electron chi connectivity index (χ0n) is 17.6. The number of nitrogens with zero attached hydrogens (tertiary/aromatic N) is 1. The molecule has 0 atom stereocenters. The third-order valence-electron chi connectivity index (χ3n) is 5.59. The number of rotatable bonds is 8. The summed E-state index contributed by atoms with van der Waals surface area (Å²) in [4.78, 5) is 18.8. The highest BCUT2D eigenvalue weighted by atomic mass is 32.2. The maximum Gasteiger partial charge on any atom is 0.277 e. The van der Waals surface area contributed by atoms with Gasteiger partial charge < -0.3 is 14.7 Å². The average molecular weight is 412 g/mol. The predicted molar refractivity (Wildman–Crippen MR) is 121 cm³/mol. The quantitative estimate of drug-likeness (QED) is 0.631. The highest BCUT2D eigenvalue weighted by molar-refractivity contribution is 7.98. The van der Waals surface area contributed by atoms with Crippen LogP contribution in [0.2, 0.25) is 0 Å². The second-order valence-corrected chi connectivity index (χ2v) is 8.67. The van der Waals surface area contributed by atoms with E-state index in [1.54, 1.807) is 16.7 Å². The maximum atomic E-state index is 12.6. The van der Waals surface area contributed by atoms with Gasteiger partial charge in [0.1, 0.15) is 26.2 Å². The summed E-state index contributed by atoms with van der Waals surface area (Å²) < 4.78 is 0. The summed E-state index contributed by atoms with van der Waals surface area (Å²) in [5.74, 6) is 0.237. The lowest BCUT2D eigenvalue weighted by atomic mass is 10.2. The minimum Gasteiger partial charge on any atom is -0.337 e. The van der Waals surface area contributed by atoms with Crippen LogP contribution in [-0.4, -0.2) is 63.4 Å². The summed E-state index contributed by atoms with van der Waals surface area (Å²) in [6, 6.07) is 18.9. The molecule has 0 aliphatic carbocycles. The van der Waals surface area contributed by atoms with Gasteiger partial charge in [-0.2, -0.15) is 0 Å². The van der Waals surface area contributed by atoms with Crippen molar-refractivity contribution in [1.82, 2.24) is 4.90 Å². The van der Waals surface area contributed by atoms with Crippen molar-refractivity contribution in [2.24, 2.45) is 0 Å². The summed E-state index contributed by atoms with van der Waals surface area (Å²) in [5, 5.41) is 0. The number of carbonyl (C=O) groups excluding carboxylic acids is 1. The zero-order chi connectivity index (χ0) is 20.5. The highest BCUT2D eigenvalue weighted by Crippen LogP contribution is 2.15. The number of thioether (sulfide) groups is 1. The van der Waals surface area contributed by atoms with Crippen LogP contribution in [0.3, 0.4) is 0 Å². The van der Waals surface area contributed by atoms with Gasteiger partial charge in [-0.3, -0.25) is 4.79 Å². The van der Waals surface area contributed by atoms with Crippen molar-refractivity contribution in [2.75, 3.05) is 52.6 Å². The largest absolute Gasteiger partial charge is 0.337 e. The fraction of sp³-hybridized carbons (Fsp3) is 0.375. The van der Waals surface area contributed by atoms with Gasteiger partial charge in [-0.25, -0.2) is 0 Å². The summed E-state index contributed by atoms with van der Waals surface area (Å²) >= 11 is 1.74. The molecule has 2 N–H and O–H groups in total. The summed E-state index contributed by atoms with van der Waals surface area (Å²) in [6.07, 6.45) is 6.56. The van der Waals surface area contributed by atoms with E-state index in [1.807, 2.05) is 18.0 Å². The molecule has 0 unspecified atom stereocenters. The summed E-state index contributed by atoms with van der Waals surface area (Å²) in [5.41, 5.74) is 2.45. The number of benzene rings is 2. The molecule has 4 nitrogen and oxygen atoms in total. The molecule has 1 amide bonds. The molecule has 2 aromatic rings. The van der Waals surface area contributed by atoms with Crippen LogP contribution in [0.15, 0.2) is 65.6 Å². The van der Waals surface area contributed by atoms with Gasteiger partial charge >= 0.3 is 0 Å². The molecule has 154 valence electrons. The molecule has 2 aromatic carbocycles. The van der Waals surface area contributed by atoms with Gasteiger partial charge in [-0.05, 0) is 35.6 Å². The van der Waals surface area contributed by atoms with Crippen LogP contribution in [0.4, 0.5) is 0 Å². The van der Waals surface area contributed by atoms with E-state index in [4.69, 9.17) is 0 Å². The maximum absolute atomic E-state index is 12.6. The van der Waals surface area contributed by atoms with E-state index in [0.29, 0.717) is 13.1 Å². The van der Waals surface area contributed by atoms with E-state index < -0.39 is 0 Å². The number of hydrogen-bond donors (Lipinski definition) is 2. The van der Waals surface area contributed by atoms with Gasteiger partial charge in [0.05, 0.1) is 6.54 Å². The minimum atomic E-state index is 0.237. The first kappa shape index (κ1) is 21.6. The summed E-state index contributed by atoms with van der Waals surface area (Å²) in [6.45, 7) is 6.73. The molecule has 29 heavy (non-hydrogen) atoms. The lowest BCUT2D eigenvalue weighted by Crippen LogP contribution is -3.28. The Morgan fingerprint density at radius 3 is 2.31 bits per heavy atom. The Balaban J connectivity index is 1.38. The first-order chi connectivity index (χ1) is 14.1. The molecule has 1 saturated heterocycles. The Labute approximate surface area is 179 Å². The predicted octanol–water partition coefficient (Wildman–Crippen LogP) is 0.864. The topological polar surface area (TPSA) is 29.2 Å². The van der Waals surface area contributed by atoms with Crippen molar-refractivity contribution in [1.29, 1.82) is 0 Å². The van der Waals surface area contributed by atoms with Gasteiger partial charge in [-0.1, -0.05) is 48.5 Å². The Morgan fingerprint density at radius 2 is 1.66 bits per heavy atom. The van der Waals surface area contributed by atoms with Crippen molar-refractivity contribution in [3.8, 4) is 0 Å². The van der Waals surface area contributed by atoms with E-state index in [1.165, 1.54) is 20.9 Å². The summed E-state index contributed by atoms with van der Waals surface area (Å²) in [7, 11) is 1.92. The molecule has 0 spiro atoms. The number of carbonyl (C=O) groups is 1. The Bertz CT molecular complexity index is 784. The lowest BCUT2D eigenvalue weighted by molar-refractivity contribution is -1.01. The third kappa shape index (κ3) is 7.03. The van der Waals surface area contributed by atoms with Crippen molar-refractivity contribution >= 4 is 23.7 Å². The smallest absolute Gasteiger partial charge is 0.277 e. The van der Waals surface area contributed by atoms with E-state index in [9.17, 15) is 4.79 Å². The second kappa shape index (κ2) is 11.2. The second-order valence-electron chi connectivity index (χ2n) is 7.79. The van der Waals surface area contributed by atoms with Crippen LogP contribution >= 0.6 is 11.8 Å². The van der Waals surface area contributed by atoms with Crippen LogP contribution in [-0.2, 0) is 11.3 Å². The molecule has 1 aliphatic rings. The SMILES string of the molecule is CSc1ccc(CN(C)C(=O)C[NH+]2CC[NH+](C/C=C/c3ccccc3)CC2)cc1. The molecule has 1 fully saturated rings. The van der Waals surface area contributed by atoms with Gasteiger partial charge in [0.15, 0.2) is 6.54 Å². The lowest BCUT2D eigenvalue weighted by Gasteiger charge is -2.29. The Morgan fingerprint density at radius 1 is 1.00 bits per heavy atom. The zero-order valence-corrected chi connectivity index (χ0v) is 18.4. The monoisotopic (exact) mass is 411 g/mol. The molecule has 5 heteroatoms. The normalized spacial score (nSPS) is 19.4. The van der Waals surface area contributed by atoms with E-state index in [2.05, 4.69) is 66.9 Å². The van der Waals surface area contributed by atoms with Crippen molar-refractivity contribution in [3.05, 3.63) is 71.8 Å². The number of amides is 1. The van der Waals surface area contributed by atoms with Crippen molar-refractivity contribution in [2.45, 2.75) is 11.4 Å². The van der Waals surface area contributed by atoms with E-state index in [0.717, 1.165) is 32.7 Å². The van der Waals surface area contributed by atoms with Crippen LogP contribution < -0.4 is 9.80 Å². The van der Waals surface area contributed by atoms with Crippen molar-refractivity contribution in [3.63, 3.8) is 0 Å². The molecule has 1 aliphatic heterocycles. The van der Waals surface area contributed by atoms with Gasteiger partial charge in [0.25, 0.3) is 5.91 Å². The van der Waals surface area contributed by atoms with Gasteiger partial charge in [-0.15, -0.1) is 11.8 Å². The molecule has 0 bridgehead atoms. The van der Waals surface area contributed by atoms with Crippen LogP contribution in [0, 0.1) is 0 Å². The first-order valence-corrected chi connectivity index (χ1v) is 11.6. The number of quaternary nitrogens is 2. The molecular formula is C24H33N3OS+2. The van der Waals surface area contributed by atoms with Crippen LogP contribution in [0.5, 0.6) is 0 Å². The number of likely N-dealkylation sites (N-methyl/N-ethyl adjacent to an activating group) is 1.